The van der Waals surface area contributed by atoms with E-state index in [-0.39, 0.29) is 0 Å². The van der Waals surface area contributed by atoms with E-state index in [4.69, 9.17) is 10.2 Å². The first-order valence-corrected chi connectivity index (χ1v) is 7.36. The first-order chi connectivity index (χ1) is 8.90. The summed E-state index contributed by atoms with van der Waals surface area (Å²) >= 11 is 0. The van der Waals surface area contributed by atoms with Crippen molar-refractivity contribution < 1.29 is 4.42 Å². The number of nitrogens with two attached hydrogens (primary N) is 1. The number of rotatable bonds is 8. The van der Waals surface area contributed by atoms with Crippen LogP contribution in [0.25, 0.3) is 0 Å². The molecule has 0 bridgehead atoms. The van der Waals surface area contributed by atoms with E-state index < -0.39 is 0 Å². The van der Waals surface area contributed by atoms with Crippen molar-refractivity contribution in [3.63, 3.8) is 0 Å². The number of hydrogen-bond acceptors (Lipinski definition) is 3. The molecule has 1 aromatic heterocycles. The van der Waals surface area contributed by atoms with Crippen LogP contribution in [0.1, 0.15) is 50.7 Å². The summed E-state index contributed by atoms with van der Waals surface area (Å²) in [7, 11) is 0. The number of furan rings is 1. The van der Waals surface area contributed by atoms with Gasteiger partial charge in [-0.25, -0.2) is 0 Å². The van der Waals surface area contributed by atoms with Crippen LogP contribution in [-0.2, 0) is 6.54 Å². The zero-order valence-electron chi connectivity index (χ0n) is 11.3. The summed E-state index contributed by atoms with van der Waals surface area (Å²) in [5.74, 6) is 1.10. The van der Waals surface area contributed by atoms with Gasteiger partial charge in [-0.1, -0.05) is 19.3 Å². The average molecular weight is 250 g/mol. The first-order valence-electron chi connectivity index (χ1n) is 7.36. The van der Waals surface area contributed by atoms with E-state index in [1.54, 1.807) is 6.26 Å². The summed E-state index contributed by atoms with van der Waals surface area (Å²) in [6.07, 6.45) is 10.9. The lowest BCUT2D eigenvalue weighted by Gasteiger charge is -2.27. The van der Waals surface area contributed by atoms with Crippen LogP contribution in [0.3, 0.4) is 0 Å². The molecule has 3 nitrogen and oxygen atoms in total. The van der Waals surface area contributed by atoms with Gasteiger partial charge >= 0.3 is 0 Å². The molecule has 2 N–H and O–H groups in total. The topological polar surface area (TPSA) is 42.4 Å². The van der Waals surface area contributed by atoms with Crippen LogP contribution in [0.4, 0.5) is 0 Å². The van der Waals surface area contributed by atoms with Gasteiger partial charge in [0.1, 0.15) is 5.76 Å². The Morgan fingerprint density at radius 1 is 1.22 bits per heavy atom. The zero-order valence-corrected chi connectivity index (χ0v) is 11.3. The maximum atomic E-state index is 5.55. The SMILES string of the molecule is NCCCCCN(Cc1ccco1)C1CCCC1. The minimum atomic E-state index is 0.771. The van der Waals surface area contributed by atoms with Crippen LogP contribution in [0.15, 0.2) is 22.8 Å². The maximum Gasteiger partial charge on any atom is 0.117 e. The summed E-state index contributed by atoms with van der Waals surface area (Å²) in [5.41, 5.74) is 5.55. The summed E-state index contributed by atoms with van der Waals surface area (Å²) in [6, 6.07) is 4.84. The van der Waals surface area contributed by atoms with Gasteiger partial charge in [-0.05, 0) is 50.9 Å². The van der Waals surface area contributed by atoms with Crippen LogP contribution in [0.5, 0.6) is 0 Å². The molecule has 0 saturated heterocycles. The number of unbranched alkanes of at least 4 members (excludes halogenated alkanes) is 2. The van der Waals surface area contributed by atoms with Crippen molar-refractivity contribution in [2.45, 2.75) is 57.5 Å². The lowest BCUT2D eigenvalue weighted by molar-refractivity contribution is 0.172. The van der Waals surface area contributed by atoms with Gasteiger partial charge in [-0.2, -0.15) is 0 Å². The zero-order chi connectivity index (χ0) is 12.6. The minimum Gasteiger partial charge on any atom is -0.468 e. The van der Waals surface area contributed by atoms with Gasteiger partial charge in [-0.15, -0.1) is 0 Å². The Bertz CT molecular complexity index is 304. The van der Waals surface area contributed by atoms with E-state index in [2.05, 4.69) is 11.0 Å². The number of hydrogen-bond donors (Lipinski definition) is 1. The molecule has 1 saturated carbocycles. The minimum absolute atomic E-state index is 0.771. The molecule has 0 aliphatic heterocycles. The highest BCUT2D eigenvalue weighted by atomic mass is 16.3. The van der Waals surface area contributed by atoms with Crippen LogP contribution in [0.2, 0.25) is 0 Å². The van der Waals surface area contributed by atoms with Gasteiger partial charge < -0.3 is 10.2 Å². The van der Waals surface area contributed by atoms with Crippen molar-refractivity contribution in [1.82, 2.24) is 4.90 Å². The number of nitrogens with zero attached hydrogens (tertiary/aromatic N) is 1. The Hall–Kier alpha value is -0.800. The highest BCUT2D eigenvalue weighted by molar-refractivity contribution is 4.98. The van der Waals surface area contributed by atoms with Crippen molar-refractivity contribution in [2.75, 3.05) is 13.1 Å². The van der Waals surface area contributed by atoms with E-state index in [0.29, 0.717) is 0 Å². The van der Waals surface area contributed by atoms with Crippen LogP contribution in [0, 0.1) is 0 Å². The third-order valence-corrected chi connectivity index (χ3v) is 3.93. The molecule has 1 aromatic rings. The highest BCUT2D eigenvalue weighted by Crippen LogP contribution is 2.25. The van der Waals surface area contributed by atoms with E-state index in [1.165, 1.54) is 45.1 Å². The molecule has 0 spiro atoms. The second-order valence-corrected chi connectivity index (χ2v) is 5.34. The smallest absolute Gasteiger partial charge is 0.117 e. The summed E-state index contributed by atoms with van der Waals surface area (Å²) in [5, 5.41) is 0. The average Bonchev–Trinajstić information content (AvgIpc) is 3.05. The molecular weight excluding hydrogens is 224 g/mol. The van der Waals surface area contributed by atoms with Crippen LogP contribution in [-0.4, -0.2) is 24.0 Å². The van der Waals surface area contributed by atoms with Gasteiger partial charge in [-0.3, -0.25) is 4.90 Å². The Labute approximate surface area is 110 Å². The third-order valence-electron chi connectivity index (χ3n) is 3.93. The maximum absolute atomic E-state index is 5.55. The van der Waals surface area contributed by atoms with Crippen LogP contribution < -0.4 is 5.73 Å². The van der Waals surface area contributed by atoms with Crippen molar-refractivity contribution in [3.05, 3.63) is 24.2 Å². The lowest BCUT2D eigenvalue weighted by Crippen LogP contribution is -2.33. The molecule has 18 heavy (non-hydrogen) atoms. The quantitative estimate of drug-likeness (QED) is 0.721. The Balaban J connectivity index is 1.81. The van der Waals surface area contributed by atoms with Crippen molar-refractivity contribution in [2.24, 2.45) is 5.73 Å². The molecule has 1 fully saturated rings. The van der Waals surface area contributed by atoms with E-state index >= 15 is 0 Å². The molecular formula is C15H26N2O. The molecule has 0 radical (unpaired) electrons. The summed E-state index contributed by atoms with van der Waals surface area (Å²) in [6.45, 7) is 2.98. The fourth-order valence-electron chi connectivity index (χ4n) is 2.90. The third kappa shape index (κ3) is 4.14. The van der Waals surface area contributed by atoms with Gasteiger partial charge in [0.25, 0.3) is 0 Å². The van der Waals surface area contributed by atoms with Crippen molar-refractivity contribution >= 4 is 0 Å². The lowest BCUT2D eigenvalue weighted by atomic mass is 10.1. The molecule has 0 aromatic carbocycles. The molecule has 1 aliphatic rings. The second kappa shape index (κ2) is 7.59. The Morgan fingerprint density at radius 3 is 2.72 bits per heavy atom. The normalized spacial score (nSPS) is 16.8. The Kier molecular flexibility index (Phi) is 5.75. The van der Waals surface area contributed by atoms with Gasteiger partial charge in [0, 0.05) is 6.04 Å². The fourth-order valence-corrected chi connectivity index (χ4v) is 2.90. The van der Waals surface area contributed by atoms with E-state index in [1.807, 2.05) is 6.07 Å². The molecule has 0 atom stereocenters. The standard InChI is InChI=1S/C15H26N2O/c16-10-4-1-5-11-17(14-7-2-3-8-14)13-15-9-6-12-18-15/h6,9,12,14H,1-5,7-8,10-11,13,16H2. The van der Waals surface area contributed by atoms with Gasteiger partial charge in [0.05, 0.1) is 12.8 Å². The highest BCUT2D eigenvalue weighted by Gasteiger charge is 2.22. The van der Waals surface area contributed by atoms with Crippen molar-refractivity contribution in [3.8, 4) is 0 Å². The van der Waals surface area contributed by atoms with E-state index in [9.17, 15) is 0 Å². The Morgan fingerprint density at radius 2 is 2.06 bits per heavy atom. The summed E-state index contributed by atoms with van der Waals surface area (Å²) < 4.78 is 5.49. The predicted octanol–water partition coefficient (Wildman–Crippen LogP) is 3.15. The second-order valence-electron chi connectivity index (χ2n) is 5.34. The first kappa shape index (κ1) is 13.6. The predicted molar refractivity (Wildman–Crippen MR) is 74.3 cm³/mol. The summed E-state index contributed by atoms with van der Waals surface area (Å²) in [4.78, 5) is 2.61. The van der Waals surface area contributed by atoms with E-state index in [0.717, 1.165) is 31.3 Å². The van der Waals surface area contributed by atoms with Gasteiger partial charge in [0.2, 0.25) is 0 Å². The molecule has 0 amide bonds. The largest absolute Gasteiger partial charge is 0.468 e. The van der Waals surface area contributed by atoms with Crippen LogP contribution >= 0.6 is 0 Å². The molecule has 2 rings (SSSR count). The molecule has 0 unspecified atom stereocenters. The molecule has 1 aliphatic carbocycles. The molecule has 1 heterocycles. The monoisotopic (exact) mass is 250 g/mol. The molecule has 3 heteroatoms. The van der Waals surface area contributed by atoms with Crippen molar-refractivity contribution in [1.29, 1.82) is 0 Å². The van der Waals surface area contributed by atoms with Gasteiger partial charge in [0.15, 0.2) is 0 Å². The fraction of sp³-hybridized carbons (Fsp3) is 0.733. The molecule has 102 valence electrons.